The van der Waals surface area contributed by atoms with E-state index in [0.29, 0.717) is 0 Å². The molecule has 18 heavy (non-hydrogen) atoms. The summed E-state index contributed by atoms with van der Waals surface area (Å²) in [6.07, 6.45) is 4.29. The largest absolute Gasteiger partial charge is 0.381 e. The van der Waals surface area contributed by atoms with E-state index in [4.69, 9.17) is 4.74 Å². The lowest BCUT2D eigenvalue weighted by Crippen LogP contribution is -2.43. The Morgan fingerprint density at radius 1 is 1.50 bits per heavy atom. The quantitative estimate of drug-likeness (QED) is 0.750. The Balaban J connectivity index is 1.99. The Labute approximate surface area is 108 Å². The third-order valence-electron chi connectivity index (χ3n) is 3.41. The third kappa shape index (κ3) is 3.49. The minimum absolute atomic E-state index is 0.135. The summed E-state index contributed by atoms with van der Waals surface area (Å²) in [6, 6.07) is 0. The van der Waals surface area contributed by atoms with Crippen LogP contribution in [0.2, 0.25) is 0 Å². The number of aryl methyl sites for hydroxylation is 1. The van der Waals surface area contributed by atoms with Crippen LogP contribution in [0.1, 0.15) is 32.0 Å². The molecule has 1 aromatic heterocycles. The summed E-state index contributed by atoms with van der Waals surface area (Å²) in [6.45, 7) is 5.88. The smallest absolute Gasteiger partial charge is 0.175 e. The van der Waals surface area contributed by atoms with Gasteiger partial charge in [-0.3, -0.25) is 0 Å². The van der Waals surface area contributed by atoms with Crippen molar-refractivity contribution in [3.8, 4) is 0 Å². The fraction of sp³-hybridized carbons (Fsp3) is 0.917. The van der Waals surface area contributed by atoms with Crippen molar-refractivity contribution in [1.82, 2.24) is 25.5 Å². The molecule has 1 unspecified atom stereocenters. The van der Waals surface area contributed by atoms with E-state index >= 15 is 0 Å². The maximum Gasteiger partial charge on any atom is 0.175 e. The van der Waals surface area contributed by atoms with Crippen molar-refractivity contribution < 1.29 is 4.74 Å². The predicted octanol–water partition coefficient (Wildman–Crippen LogP) is 0.549. The van der Waals surface area contributed by atoms with Crippen LogP contribution in [0, 0.1) is 5.41 Å². The number of rotatable bonds is 6. The Morgan fingerprint density at radius 2 is 2.39 bits per heavy atom. The molecule has 0 amide bonds. The number of nitrogens with one attached hydrogen (secondary N) is 1. The zero-order valence-corrected chi connectivity index (χ0v) is 11.4. The van der Waals surface area contributed by atoms with Gasteiger partial charge in [0.05, 0.1) is 13.7 Å². The Hall–Kier alpha value is -1.01. The number of nitrogens with zero attached hydrogens (tertiary/aromatic N) is 4. The van der Waals surface area contributed by atoms with Gasteiger partial charge < -0.3 is 10.1 Å². The molecule has 1 saturated heterocycles. The van der Waals surface area contributed by atoms with Crippen LogP contribution in [0.5, 0.6) is 0 Å². The second-order valence-electron chi connectivity index (χ2n) is 5.20. The van der Waals surface area contributed by atoms with Crippen LogP contribution in [0.4, 0.5) is 0 Å². The van der Waals surface area contributed by atoms with Gasteiger partial charge in [0.1, 0.15) is 0 Å². The molecule has 0 aliphatic carbocycles. The lowest BCUT2D eigenvalue weighted by Gasteiger charge is -2.36. The molecule has 1 aromatic rings. The highest BCUT2D eigenvalue weighted by atomic mass is 16.5. The molecular formula is C12H23N5O. The lowest BCUT2D eigenvalue weighted by atomic mass is 9.79. The summed E-state index contributed by atoms with van der Waals surface area (Å²) < 4.78 is 5.67. The molecule has 1 N–H and O–H groups in total. The molecular weight excluding hydrogens is 230 g/mol. The first-order valence-corrected chi connectivity index (χ1v) is 6.75. The van der Waals surface area contributed by atoms with Gasteiger partial charge in [0.25, 0.3) is 0 Å². The molecule has 2 heterocycles. The van der Waals surface area contributed by atoms with Crippen LogP contribution in [0.3, 0.4) is 0 Å². The highest BCUT2D eigenvalue weighted by Gasteiger charge is 2.34. The predicted molar refractivity (Wildman–Crippen MR) is 68.1 cm³/mol. The zero-order chi connectivity index (χ0) is 12.8. The van der Waals surface area contributed by atoms with E-state index in [1.165, 1.54) is 11.2 Å². The molecule has 2 rings (SSSR count). The van der Waals surface area contributed by atoms with Crippen LogP contribution < -0.4 is 5.32 Å². The van der Waals surface area contributed by atoms with Gasteiger partial charge in [-0.1, -0.05) is 6.92 Å². The average Bonchev–Trinajstić information content (AvgIpc) is 2.76. The molecule has 1 fully saturated rings. The third-order valence-corrected chi connectivity index (χ3v) is 3.41. The number of tetrazole rings is 1. The maximum absolute atomic E-state index is 5.67. The summed E-state index contributed by atoms with van der Waals surface area (Å²) in [5.41, 5.74) is 0.135. The van der Waals surface area contributed by atoms with Gasteiger partial charge in [0, 0.05) is 25.0 Å². The van der Waals surface area contributed by atoms with Crippen molar-refractivity contribution in [2.24, 2.45) is 12.5 Å². The van der Waals surface area contributed by atoms with Crippen LogP contribution in [0.15, 0.2) is 0 Å². The maximum atomic E-state index is 5.67. The van der Waals surface area contributed by atoms with Crippen LogP contribution in [-0.2, 0) is 18.2 Å². The highest BCUT2D eigenvalue weighted by Crippen LogP contribution is 2.31. The highest BCUT2D eigenvalue weighted by molar-refractivity contribution is 4.93. The zero-order valence-electron chi connectivity index (χ0n) is 11.4. The summed E-state index contributed by atoms with van der Waals surface area (Å²) in [5, 5.41) is 15.8. The van der Waals surface area contributed by atoms with Crippen molar-refractivity contribution >= 4 is 0 Å². The normalized spacial score (nSPS) is 24.3. The van der Waals surface area contributed by atoms with Gasteiger partial charge in [-0.05, 0) is 31.0 Å². The van der Waals surface area contributed by atoms with Crippen molar-refractivity contribution in [2.45, 2.75) is 32.6 Å². The van der Waals surface area contributed by atoms with Gasteiger partial charge in [0.2, 0.25) is 0 Å². The van der Waals surface area contributed by atoms with Gasteiger partial charge >= 0.3 is 0 Å². The lowest BCUT2D eigenvalue weighted by molar-refractivity contribution is -0.00811. The molecule has 0 bridgehead atoms. The SMILES string of the molecule is CCCNCC1(Cc2nnn(C)n2)CCCOC1. The fourth-order valence-electron chi connectivity index (χ4n) is 2.51. The number of hydrogen-bond acceptors (Lipinski definition) is 5. The van der Waals surface area contributed by atoms with Crippen LogP contribution in [0.25, 0.3) is 0 Å². The average molecular weight is 253 g/mol. The molecule has 1 aliphatic heterocycles. The van der Waals surface area contributed by atoms with Gasteiger partial charge in [-0.2, -0.15) is 4.80 Å². The summed E-state index contributed by atoms with van der Waals surface area (Å²) in [5.74, 6) is 0.821. The molecule has 102 valence electrons. The number of ether oxygens (including phenoxy) is 1. The Kier molecular flexibility index (Phi) is 4.66. The first kappa shape index (κ1) is 13.4. The molecule has 1 aliphatic rings. The number of aromatic nitrogens is 4. The van der Waals surface area contributed by atoms with E-state index in [-0.39, 0.29) is 5.41 Å². The number of hydrogen-bond donors (Lipinski definition) is 1. The second-order valence-corrected chi connectivity index (χ2v) is 5.20. The molecule has 0 aromatic carbocycles. The van der Waals surface area contributed by atoms with Crippen molar-refractivity contribution in [3.63, 3.8) is 0 Å². The van der Waals surface area contributed by atoms with E-state index < -0.39 is 0 Å². The van der Waals surface area contributed by atoms with Gasteiger partial charge in [-0.15, -0.1) is 10.2 Å². The van der Waals surface area contributed by atoms with E-state index in [0.717, 1.165) is 51.4 Å². The molecule has 6 heteroatoms. The van der Waals surface area contributed by atoms with E-state index in [1.54, 1.807) is 7.05 Å². The molecule has 0 spiro atoms. The fourth-order valence-corrected chi connectivity index (χ4v) is 2.51. The monoisotopic (exact) mass is 253 g/mol. The first-order chi connectivity index (χ1) is 8.74. The second kappa shape index (κ2) is 6.24. The molecule has 6 nitrogen and oxygen atoms in total. The van der Waals surface area contributed by atoms with Crippen LogP contribution in [-0.4, -0.2) is 46.5 Å². The van der Waals surface area contributed by atoms with Gasteiger partial charge in [0.15, 0.2) is 5.82 Å². The van der Waals surface area contributed by atoms with Gasteiger partial charge in [-0.25, -0.2) is 0 Å². The van der Waals surface area contributed by atoms with E-state index in [9.17, 15) is 0 Å². The van der Waals surface area contributed by atoms with Crippen molar-refractivity contribution in [3.05, 3.63) is 5.82 Å². The first-order valence-electron chi connectivity index (χ1n) is 6.75. The van der Waals surface area contributed by atoms with Crippen molar-refractivity contribution in [1.29, 1.82) is 0 Å². The summed E-state index contributed by atoms with van der Waals surface area (Å²) in [7, 11) is 1.80. The summed E-state index contributed by atoms with van der Waals surface area (Å²) >= 11 is 0. The standard InChI is InChI=1S/C12H23N5O/c1-3-6-13-9-12(5-4-7-18-10-12)8-11-14-16-17(2)15-11/h13H,3-10H2,1-2H3. The Bertz CT molecular complexity index is 359. The van der Waals surface area contributed by atoms with Crippen molar-refractivity contribution in [2.75, 3.05) is 26.3 Å². The Morgan fingerprint density at radius 3 is 3.00 bits per heavy atom. The van der Waals surface area contributed by atoms with E-state index in [1.807, 2.05) is 0 Å². The minimum Gasteiger partial charge on any atom is -0.381 e. The molecule has 0 saturated carbocycles. The molecule has 1 atom stereocenters. The van der Waals surface area contributed by atoms with Crippen LogP contribution >= 0.6 is 0 Å². The molecule has 0 radical (unpaired) electrons. The minimum atomic E-state index is 0.135. The van der Waals surface area contributed by atoms with E-state index in [2.05, 4.69) is 27.7 Å². The topological polar surface area (TPSA) is 64.9 Å². The summed E-state index contributed by atoms with van der Waals surface area (Å²) in [4.78, 5) is 1.52.